The number of nitrogens with one attached hydrogen (secondary N) is 1. The van der Waals surface area contributed by atoms with Crippen molar-refractivity contribution < 1.29 is 8.42 Å². The number of hydrogen-bond donors (Lipinski definition) is 1. The number of rotatable bonds is 1. The normalized spacial score (nSPS) is 21.4. The minimum atomic E-state index is -3.20. The molecule has 0 fully saturated rings. The van der Waals surface area contributed by atoms with Gasteiger partial charge in [0, 0.05) is 19.1 Å². The topological polar surface area (TPSA) is 49.4 Å². The van der Waals surface area contributed by atoms with E-state index in [0.717, 1.165) is 11.3 Å². The quantitative estimate of drug-likeness (QED) is 0.795. The Labute approximate surface area is 96.3 Å². The first kappa shape index (κ1) is 11.4. The Kier molecular flexibility index (Phi) is 2.90. The third kappa shape index (κ3) is 2.20. The van der Waals surface area contributed by atoms with Gasteiger partial charge in [0.05, 0.1) is 11.9 Å². The maximum Gasteiger partial charge on any atom is 0.232 e. The highest BCUT2D eigenvalue weighted by atomic mass is 32.2. The Morgan fingerprint density at radius 1 is 1.38 bits per heavy atom. The van der Waals surface area contributed by atoms with Crippen LogP contribution in [0.3, 0.4) is 0 Å². The Bertz CT molecular complexity index is 485. The molecule has 1 aliphatic rings. The van der Waals surface area contributed by atoms with E-state index in [1.54, 1.807) is 0 Å². The van der Waals surface area contributed by atoms with Crippen molar-refractivity contribution in [3.63, 3.8) is 0 Å². The summed E-state index contributed by atoms with van der Waals surface area (Å²) in [5, 5.41) is 3.30. The Balaban J connectivity index is 2.51. The average Bonchev–Trinajstić information content (AvgIpc) is 2.38. The minimum Gasteiger partial charge on any atom is -0.308 e. The average molecular weight is 240 g/mol. The second kappa shape index (κ2) is 4.07. The summed E-state index contributed by atoms with van der Waals surface area (Å²) in [5.74, 6) is 0. The van der Waals surface area contributed by atoms with Crippen LogP contribution in [0.5, 0.6) is 0 Å². The van der Waals surface area contributed by atoms with Gasteiger partial charge in [-0.25, -0.2) is 8.42 Å². The molecule has 1 aromatic rings. The van der Waals surface area contributed by atoms with Gasteiger partial charge in [-0.3, -0.25) is 4.31 Å². The van der Waals surface area contributed by atoms with Gasteiger partial charge in [0.25, 0.3) is 0 Å². The van der Waals surface area contributed by atoms with E-state index < -0.39 is 10.0 Å². The fraction of sp³-hybridized carbons (Fsp3) is 0.455. The van der Waals surface area contributed by atoms with Gasteiger partial charge in [-0.05, 0) is 18.6 Å². The van der Waals surface area contributed by atoms with Crippen LogP contribution in [-0.4, -0.2) is 27.3 Å². The van der Waals surface area contributed by atoms with Gasteiger partial charge >= 0.3 is 0 Å². The molecule has 1 atom stereocenters. The monoisotopic (exact) mass is 240 g/mol. The minimum absolute atomic E-state index is 0.155. The van der Waals surface area contributed by atoms with Crippen LogP contribution in [0, 0.1) is 0 Å². The van der Waals surface area contributed by atoms with Gasteiger partial charge in [-0.1, -0.05) is 18.2 Å². The molecule has 0 saturated carbocycles. The molecule has 1 aliphatic heterocycles. The fourth-order valence-corrected chi connectivity index (χ4v) is 2.94. The molecule has 0 bridgehead atoms. The molecule has 0 saturated heterocycles. The van der Waals surface area contributed by atoms with Crippen LogP contribution in [0.15, 0.2) is 24.3 Å². The molecule has 1 aromatic carbocycles. The van der Waals surface area contributed by atoms with Gasteiger partial charge < -0.3 is 5.32 Å². The maximum atomic E-state index is 11.7. The summed E-state index contributed by atoms with van der Waals surface area (Å²) in [5.41, 5.74) is 1.82. The Morgan fingerprint density at radius 2 is 2.06 bits per heavy atom. The highest BCUT2D eigenvalue weighted by molar-refractivity contribution is 7.92. The smallest absolute Gasteiger partial charge is 0.232 e. The maximum absolute atomic E-state index is 11.7. The molecule has 0 radical (unpaired) electrons. The van der Waals surface area contributed by atoms with Gasteiger partial charge in [0.2, 0.25) is 10.0 Å². The summed E-state index contributed by atoms with van der Waals surface area (Å²) in [7, 11) is -3.20. The molecular formula is C11H16N2O2S. The molecule has 0 aliphatic carbocycles. The molecule has 1 unspecified atom stereocenters. The van der Waals surface area contributed by atoms with E-state index in [9.17, 15) is 8.42 Å². The zero-order valence-electron chi connectivity index (χ0n) is 9.47. The van der Waals surface area contributed by atoms with Crippen molar-refractivity contribution in [2.24, 2.45) is 0 Å². The number of para-hydroxylation sites is 1. The zero-order valence-corrected chi connectivity index (χ0v) is 10.3. The summed E-state index contributed by atoms with van der Waals surface area (Å²) in [6, 6.07) is 7.76. The van der Waals surface area contributed by atoms with E-state index in [0.29, 0.717) is 13.1 Å². The number of sulfonamides is 1. The van der Waals surface area contributed by atoms with E-state index >= 15 is 0 Å². The molecular weight excluding hydrogens is 224 g/mol. The van der Waals surface area contributed by atoms with Crippen LogP contribution >= 0.6 is 0 Å². The van der Waals surface area contributed by atoms with Crippen molar-refractivity contribution in [2.75, 3.05) is 17.1 Å². The lowest BCUT2D eigenvalue weighted by Gasteiger charge is -2.23. The van der Waals surface area contributed by atoms with E-state index in [1.807, 2.05) is 31.2 Å². The third-order valence-corrected chi connectivity index (χ3v) is 3.89. The first-order valence-corrected chi connectivity index (χ1v) is 7.12. The molecule has 5 heteroatoms. The summed E-state index contributed by atoms with van der Waals surface area (Å²) in [6.45, 7) is 3.18. The third-order valence-electron chi connectivity index (χ3n) is 2.74. The van der Waals surface area contributed by atoms with Crippen LogP contribution in [-0.2, 0) is 16.6 Å². The van der Waals surface area contributed by atoms with Crippen LogP contribution in [0.25, 0.3) is 0 Å². The Morgan fingerprint density at radius 3 is 2.75 bits per heavy atom. The lowest BCUT2D eigenvalue weighted by Crippen LogP contribution is -2.39. The van der Waals surface area contributed by atoms with Crippen molar-refractivity contribution in [1.82, 2.24) is 5.32 Å². The van der Waals surface area contributed by atoms with Crippen molar-refractivity contribution in [3.05, 3.63) is 29.8 Å². The Hall–Kier alpha value is -1.07. The summed E-state index contributed by atoms with van der Waals surface area (Å²) in [6.07, 6.45) is 1.25. The first-order valence-electron chi connectivity index (χ1n) is 5.27. The lowest BCUT2D eigenvalue weighted by atomic mass is 10.2. The molecule has 2 rings (SSSR count). The summed E-state index contributed by atoms with van der Waals surface area (Å²) in [4.78, 5) is 0. The standard InChI is InChI=1S/C11H16N2O2S/c1-9-8-13(16(2,14)15)11-6-4-3-5-10(11)7-12-9/h3-6,9,12H,7-8H2,1-2H3. The highest BCUT2D eigenvalue weighted by Gasteiger charge is 2.24. The number of fused-ring (bicyclic) bond motifs is 1. The van der Waals surface area contributed by atoms with E-state index in [-0.39, 0.29) is 6.04 Å². The molecule has 0 amide bonds. The number of benzene rings is 1. The van der Waals surface area contributed by atoms with E-state index in [4.69, 9.17) is 0 Å². The van der Waals surface area contributed by atoms with E-state index in [2.05, 4.69) is 5.32 Å². The van der Waals surface area contributed by atoms with Gasteiger partial charge in [-0.2, -0.15) is 0 Å². The molecule has 16 heavy (non-hydrogen) atoms. The molecule has 0 aromatic heterocycles. The molecule has 88 valence electrons. The molecule has 1 heterocycles. The van der Waals surface area contributed by atoms with Gasteiger partial charge in [-0.15, -0.1) is 0 Å². The van der Waals surface area contributed by atoms with Crippen molar-refractivity contribution in [1.29, 1.82) is 0 Å². The predicted octanol–water partition coefficient (Wildman–Crippen LogP) is 0.944. The fourth-order valence-electron chi connectivity index (χ4n) is 1.91. The largest absolute Gasteiger partial charge is 0.308 e. The van der Waals surface area contributed by atoms with Crippen LogP contribution in [0.1, 0.15) is 12.5 Å². The summed E-state index contributed by atoms with van der Waals surface area (Å²) < 4.78 is 25.0. The molecule has 1 N–H and O–H groups in total. The SMILES string of the molecule is CC1CN(S(C)(=O)=O)c2ccccc2CN1. The molecule has 0 spiro atoms. The van der Waals surface area contributed by atoms with Crippen molar-refractivity contribution in [3.8, 4) is 0 Å². The zero-order chi connectivity index (χ0) is 11.8. The van der Waals surface area contributed by atoms with Crippen molar-refractivity contribution >= 4 is 15.7 Å². The van der Waals surface area contributed by atoms with Crippen LogP contribution < -0.4 is 9.62 Å². The second-order valence-corrected chi connectivity index (χ2v) is 6.11. The van der Waals surface area contributed by atoms with Gasteiger partial charge in [0.15, 0.2) is 0 Å². The van der Waals surface area contributed by atoms with Gasteiger partial charge in [0.1, 0.15) is 0 Å². The highest BCUT2D eigenvalue weighted by Crippen LogP contribution is 2.25. The van der Waals surface area contributed by atoms with Crippen LogP contribution in [0.4, 0.5) is 5.69 Å². The van der Waals surface area contributed by atoms with E-state index in [1.165, 1.54) is 10.6 Å². The number of anilines is 1. The molecule has 4 nitrogen and oxygen atoms in total. The van der Waals surface area contributed by atoms with Crippen molar-refractivity contribution in [2.45, 2.75) is 19.5 Å². The summed E-state index contributed by atoms with van der Waals surface area (Å²) >= 11 is 0. The number of nitrogens with zero attached hydrogens (tertiary/aromatic N) is 1. The van der Waals surface area contributed by atoms with Crippen LogP contribution in [0.2, 0.25) is 0 Å². The number of hydrogen-bond acceptors (Lipinski definition) is 3. The lowest BCUT2D eigenvalue weighted by molar-refractivity contribution is 0.558. The predicted molar refractivity (Wildman–Crippen MR) is 64.9 cm³/mol. The first-order chi connectivity index (χ1) is 7.48. The second-order valence-electron chi connectivity index (χ2n) is 4.20.